The van der Waals surface area contributed by atoms with Crippen molar-refractivity contribution in [1.29, 1.82) is 5.26 Å². The molecule has 3 rings (SSSR count). The molecule has 0 saturated heterocycles. The minimum Gasteiger partial charge on any atom is -0.469 e. The summed E-state index contributed by atoms with van der Waals surface area (Å²) in [5, 5.41) is 9.73. The summed E-state index contributed by atoms with van der Waals surface area (Å²) >= 11 is 0. The maximum atomic E-state index is 12.6. The quantitative estimate of drug-likeness (QED) is 0.737. The molecule has 3 aromatic rings. The van der Waals surface area contributed by atoms with Gasteiger partial charge in [0.2, 0.25) is 0 Å². The van der Waals surface area contributed by atoms with Crippen LogP contribution >= 0.6 is 0 Å². The third-order valence-electron chi connectivity index (χ3n) is 3.37. The number of fused-ring (bicyclic) bond motifs is 1. The van der Waals surface area contributed by atoms with Crippen LogP contribution in [0.15, 0.2) is 41.1 Å². The summed E-state index contributed by atoms with van der Waals surface area (Å²) in [5.41, 5.74) is 2.52. The number of benzene rings is 1. The lowest BCUT2D eigenvalue weighted by Gasteiger charge is -1.99. The van der Waals surface area contributed by atoms with Gasteiger partial charge < -0.3 is 9.40 Å². The summed E-state index contributed by atoms with van der Waals surface area (Å²) in [6, 6.07) is 9.04. The molecule has 1 aromatic carbocycles. The van der Waals surface area contributed by atoms with Crippen molar-refractivity contribution in [3.8, 4) is 6.07 Å². The van der Waals surface area contributed by atoms with E-state index in [2.05, 4.69) is 11.1 Å². The fourth-order valence-corrected chi connectivity index (χ4v) is 2.34. The molecule has 0 unspecified atom stereocenters. The smallest absolute Gasteiger partial charge is 0.198 e. The zero-order chi connectivity index (χ0) is 14.1. The second-order valence-corrected chi connectivity index (χ2v) is 4.51. The molecule has 0 aliphatic heterocycles. The number of aryl methyl sites for hydroxylation is 1. The molecule has 0 aliphatic carbocycles. The van der Waals surface area contributed by atoms with Crippen LogP contribution in [0, 0.1) is 11.3 Å². The lowest BCUT2D eigenvalue weighted by molar-refractivity contribution is 0.103. The van der Waals surface area contributed by atoms with E-state index in [9.17, 15) is 4.79 Å². The minimum absolute atomic E-state index is 0.0862. The standard InChI is InChI=1S/C16H12N2O2/c1-2-15-11(5-6-20-15)16(19)13-9-18-14-4-3-10(8-17)7-12(13)14/h3-7,9,18H,2H2,1H3. The summed E-state index contributed by atoms with van der Waals surface area (Å²) in [4.78, 5) is 15.7. The van der Waals surface area contributed by atoms with Gasteiger partial charge in [0.25, 0.3) is 0 Å². The molecule has 20 heavy (non-hydrogen) atoms. The lowest BCUT2D eigenvalue weighted by Crippen LogP contribution is -2.01. The Morgan fingerprint density at radius 2 is 2.20 bits per heavy atom. The van der Waals surface area contributed by atoms with Crippen LogP contribution in [0.3, 0.4) is 0 Å². The van der Waals surface area contributed by atoms with Crippen molar-refractivity contribution in [2.45, 2.75) is 13.3 Å². The fraction of sp³-hybridized carbons (Fsp3) is 0.125. The highest BCUT2D eigenvalue weighted by atomic mass is 16.3. The van der Waals surface area contributed by atoms with Crippen LogP contribution in [0.2, 0.25) is 0 Å². The Balaban J connectivity index is 2.15. The van der Waals surface area contributed by atoms with Crippen LogP contribution in [-0.2, 0) is 6.42 Å². The highest BCUT2D eigenvalue weighted by molar-refractivity contribution is 6.16. The zero-order valence-corrected chi connectivity index (χ0v) is 10.9. The number of H-pyrrole nitrogens is 1. The van der Waals surface area contributed by atoms with Gasteiger partial charge in [0.15, 0.2) is 5.78 Å². The molecule has 0 amide bonds. The summed E-state index contributed by atoms with van der Waals surface area (Å²) in [6.45, 7) is 1.94. The van der Waals surface area contributed by atoms with Gasteiger partial charge in [-0.1, -0.05) is 6.92 Å². The molecule has 0 radical (unpaired) electrons. The van der Waals surface area contributed by atoms with Crippen molar-refractivity contribution in [2.75, 3.05) is 0 Å². The summed E-state index contributed by atoms with van der Waals surface area (Å²) < 4.78 is 5.31. The Kier molecular flexibility index (Phi) is 2.88. The number of aromatic amines is 1. The number of ketones is 1. The molecule has 2 aromatic heterocycles. The number of hydrogen-bond acceptors (Lipinski definition) is 3. The average Bonchev–Trinajstić information content (AvgIpc) is 3.12. The molecular formula is C16H12N2O2. The lowest BCUT2D eigenvalue weighted by atomic mass is 10.0. The number of furan rings is 1. The van der Waals surface area contributed by atoms with Gasteiger partial charge in [0, 0.05) is 29.1 Å². The molecule has 98 valence electrons. The maximum Gasteiger partial charge on any atom is 0.198 e. The number of nitriles is 1. The SMILES string of the molecule is CCc1occc1C(=O)c1c[nH]c2ccc(C#N)cc12. The average molecular weight is 264 g/mol. The number of nitrogens with zero attached hydrogens (tertiary/aromatic N) is 1. The third-order valence-corrected chi connectivity index (χ3v) is 3.37. The van der Waals surface area contributed by atoms with Crippen molar-refractivity contribution in [3.05, 3.63) is 59.2 Å². The van der Waals surface area contributed by atoms with Crippen LogP contribution in [0.1, 0.15) is 34.2 Å². The topological polar surface area (TPSA) is 69.8 Å². The van der Waals surface area contributed by atoms with Crippen molar-refractivity contribution in [2.24, 2.45) is 0 Å². The molecule has 0 fully saturated rings. The van der Waals surface area contributed by atoms with Crippen LogP contribution in [0.25, 0.3) is 10.9 Å². The van der Waals surface area contributed by atoms with E-state index >= 15 is 0 Å². The Morgan fingerprint density at radius 1 is 1.35 bits per heavy atom. The Morgan fingerprint density at radius 3 is 2.95 bits per heavy atom. The first-order valence-electron chi connectivity index (χ1n) is 6.37. The number of carbonyl (C=O) groups is 1. The van der Waals surface area contributed by atoms with Gasteiger partial charge in [-0.15, -0.1) is 0 Å². The predicted octanol–water partition coefficient (Wildman–Crippen LogP) is 3.43. The van der Waals surface area contributed by atoms with Crippen LogP contribution in [-0.4, -0.2) is 10.8 Å². The molecule has 0 aliphatic rings. The fourth-order valence-electron chi connectivity index (χ4n) is 2.34. The van der Waals surface area contributed by atoms with Crippen molar-refractivity contribution in [1.82, 2.24) is 4.98 Å². The van der Waals surface area contributed by atoms with E-state index in [1.165, 1.54) is 6.26 Å². The molecule has 1 N–H and O–H groups in total. The summed E-state index contributed by atoms with van der Waals surface area (Å²) in [6.07, 6.45) is 3.88. The predicted molar refractivity (Wildman–Crippen MR) is 74.5 cm³/mol. The molecule has 4 heteroatoms. The first kappa shape index (κ1) is 12.2. The summed E-state index contributed by atoms with van der Waals surface area (Å²) in [5.74, 6) is 0.595. The van der Waals surface area contributed by atoms with Gasteiger partial charge in [-0.05, 0) is 24.3 Å². The summed E-state index contributed by atoms with van der Waals surface area (Å²) in [7, 11) is 0. The highest BCUT2D eigenvalue weighted by Crippen LogP contribution is 2.24. The van der Waals surface area contributed by atoms with Gasteiger partial charge in [0.05, 0.1) is 23.5 Å². The number of aromatic nitrogens is 1. The van der Waals surface area contributed by atoms with Crippen molar-refractivity contribution >= 4 is 16.7 Å². The zero-order valence-electron chi connectivity index (χ0n) is 10.9. The molecular weight excluding hydrogens is 252 g/mol. The molecule has 0 atom stereocenters. The van der Waals surface area contributed by atoms with Gasteiger partial charge in [-0.2, -0.15) is 5.26 Å². The molecule has 0 saturated carbocycles. The first-order valence-corrected chi connectivity index (χ1v) is 6.37. The van der Waals surface area contributed by atoms with Crippen molar-refractivity contribution < 1.29 is 9.21 Å². The normalized spacial score (nSPS) is 10.6. The van der Waals surface area contributed by atoms with Crippen LogP contribution in [0.5, 0.6) is 0 Å². The van der Waals surface area contributed by atoms with E-state index in [4.69, 9.17) is 9.68 Å². The Bertz CT molecular complexity index is 834. The van der Waals surface area contributed by atoms with E-state index in [1.54, 1.807) is 30.5 Å². The second kappa shape index (κ2) is 4.71. The van der Waals surface area contributed by atoms with Crippen LogP contribution in [0.4, 0.5) is 0 Å². The molecule has 0 spiro atoms. The minimum atomic E-state index is -0.0862. The number of nitrogens with one attached hydrogen (secondary N) is 1. The number of hydrogen-bond donors (Lipinski definition) is 1. The van der Waals surface area contributed by atoms with Gasteiger partial charge in [-0.3, -0.25) is 4.79 Å². The van der Waals surface area contributed by atoms with Gasteiger partial charge in [0.1, 0.15) is 5.76 Å². The van der Waals surface area contributed by atoms with E-state index in [1.807, 2.05) is 6.92 Å². The van der Waals surface area contributed by atoms with E-state index < -0.39 is 0 Å². The number of rotatable bonds is 3. The Labute approximate surface area is 115 Å². The molecule has 4 nitrogen and oxygen atoms in total. The monoisotopic (exact) mass is 264 g/mol. The largest absolute Gasteiger partial charge is 0.469 e. The Hall–Kier alpha value is -2.80. The van der Waals surface area contributed by atoms with Gasteiger partial charge >= 0.3 is 0 Å². The first-order chi connectivity index (χ1) is 9.74. The van der Waals surface area contributed by atoms with Crippen molar-refractivity contribution in [3.63, 3.8) is 0 Å². The van der Waals surface area contributed by atoms with Crippen LogP contribution < -0.4 is 0 Å². The molecule has 0 bridgehead atoms. The van der Waals surface area contributed by atoms with E-state index in [0.717, 1.165) is 10.9 Å². The maximum absolute atomic E-state index is 12.6. The second-order valence-electron chi connectivity index (χ2n) is 4.51. The third kappa shape index (κ3) is 1.81. The van der Waals surface area contributed by atoms with Gasteiger partial charge in [-0.25, -0.2) is 0 Å². The molecule has 2 heterocycles. The highest BCUT2D eigenvalue weighted by Gasteiger charge is 2.18. The number of carbonyl (C=O) groups excluding carboxylic acids is 1. The van der Waals surface area contributed by atoms with E-state index in [-0.39, 0.29) is 5.78 Å². The van der Waals surface area contributed by atoms with E-state index in [0.29, 0.717) is 28.9 Å².